The van der Waals surface area contributed by atoms with Crippen LogP contribution in [0.3, 0.4) is 0 Å². The van der Waals surface area contributed by atoms with Crippen molar-refractivity contribution in [1.29, 1.82) is 0 Å². The fourth-order valence-corrected chi connectivity index (χ4v) is 2.71. The van der Waals surface area contributed by atoms with E-state index in [4.69, 9.17) is 0 Å². The van der Waals surface area contributed by atoms with E-state index in [1.807, 2.05) is 12.1 Å². The van der Waals surface area contributed by atoms with Crippen LogP contribution in [0.25, 0.3) is 0 Å². The Hall–Kier alpha value is -0.540. The summed E-state index contributed by atoms with van der Waals surface area (Å²) in [6, 6.07) is 5.61. The van der Waals surface area contributed by atoms with Crippen molar-refractivity contribution in [2.45, 2.75) is 18.8 Å². The molecule has 1 aliphatic rings. The summed E-state index contributed by atoms with van der Waals surface area (Å²) in [5, 5.41) is 13.1. The zero-order valence-electron chi connectivity index (χ0n) is 7.96. The van der Waals surface area contributed by atoms with Gasteiger partial charge in [0.1, 0.15) is 5.75 Å². The highest BCUT2D eigenvalue weighted by Crippen LogP contribution is 2.35. The molecule has 14 heavy (non-hydrogen) atoms. The SMILES string of the molecule is Oc1cccc(Br)c1[C@H]1CCCNC1. The summed E-state index contributed by atoms with van der Waals surface area (Å²) in [5.41, 5.74) is 1.06. The van der Waals surface area contributed by atoms with Crippen LogP contribution >= 0.6 is 15.9 Å². The molecule has 1 aromatic rings. The highest BCUT2D eigenvalue weighted by Gasteiger charge is 2.20. The first-order chi connectivity index (χ1) is 6.79. The molecule has 0 aliphatic carbocycles. The van der Waals surface area contributed by atoms with Crippen LogP contribution in [-0.2, 0) is 0 Å². The van der Waals surface area contributed by atoms with Crippen molar-refractivity contribution >= 4 is 15.9 Å². The highest BCUT2D eigenvalue weighted by atomic mass is 79.9. The van der Waals surface area contributed by atoms with Crippen molar-refractivity contribution < 1.29 is 5.11 Å². The Morgan fingerprint density at radius 1 is 1.43 bits per heavy atom. The topological polar surface area (TPSA) is 32.3 Å². The van der Waals surface area contributed by atoms with E-state index < -0.39 is 0 Å². The van der Waals surface area contributed by atoms with E-state index >= 15 is 0 Å². The first-order valence-electron chi connectivity index (χ1n) is 4.97. The molecule has 1 aliphatic heterocycles. The molecule has 76 valence electrons. The average molecular weight is 256 g/mol. The Morgan fingerprint density at radius 2 is 2.29 bits per heavy atom. The zero-order chi connectivity index (χ0) is 9.97. The molecule has 0 radical (unpaired) electrons. The van der Waals surface area contributed by atoms with Crippen LogP contribution in [0.15, 0.2) is 22.7 Å². The molecule has 2 nitrogen and oxygen atoms in total. The predicted octanol–water partition coefficient (Wildman–Crippen LogP) is 2.62. The number of aromatic hydroxyl groups is 1. The van der Waals surface area contributed by atoms with E-state index in [0.717, 1.165) is 29.5 Å². The van der Waals surface area contributed by atoms with Crippen LogP contribution in [0.1, 0.15) is 24.3 Å². The first-order valence-corrected chi connectivity index (χ1v) is 5.76. The number of rotatable bonds is 1. The van der Waals surface area contributed by atoms with E-state index in [1.165, 1.54) is 6.42 Å². The van der Waals surface area contributed by atoms with Crippen molar-refractivity contribution in [3.63, 3.8) is 0 Å². The Morgan fingerprint density at radius 3 is 2.93 bits per heavy atom. The molecule has 2 N–H and O–H groups in total. The number of phenolic OH excluding ortho intramolecular Hbond substituents is 1. The van der Waals surface area contributed by atoms with Gasteiger partial charge in [0.2, 0.25) is 0 Å². The molecule has 1 saturated heterocycles. The molecular formula is C11H14BrNO. The maximum atomic E-state index is 9.79. The van der Waals surface area contributed by atoms with Crippen LogP contribution in [-0.4, -0.2) is 18.2 Å². The minimum absolute atomic E-state index is 0.410. The number of hydrogen-bond donors (Lipinski definition) is 2. The maximum absolute atomic E-state index is 9.79. The van der Waals surface area contributed by atoms with Gasteiger partial charge in [-0.15, -0.1) is 0 Å². The van der Waals surface area contributed by atoms with Crippen molar-refractivity contribution in [3.05, 3.63) is 28.2 Å². The molecule has 0 bridgehead atoms. The Balaban J connectivity index is 2.29. The Bertz CT molecular complexity index is 301. The molecule has 0 spiro atoms. The quantitative estimate of drug-likeness (QED) is 0.809. The molecule has 3 heteroatoms. The number of halogens is 1. The molecule has 1 fully saturated rings. The summed E-state index contributed by atoms with van der Waals surface area (Å²) >= 11 is 3.49. The van der Waals surface area contributed by atoms with Gasteiger partial charge >= 0.3 is 0 Å². The van der Waals surface area contributed by atoms with Gasteiger partial charge in [0.15, 0.2) is 0 Å². The number of nitrogens with one attached hydrogen (secondary N) is 1. The van der Waals surface area contributed by atoms with Crippen LogP contribution in [0.4, 0.5) is 0 Å². The molecule has 2 rings (SSSR count). The van der Waals surface area contributed by atoms with Gasteiger partial charge in [0.05, 0.1) is 0 Å². The van der Waals surface area contributed by atoms with Gasteiger partial charge in [0, 0.05) is 22.5 Å². The lowest BCUT2D eigenvalue weighted by Crippen LogP contribution is -2.28. The second-order valence-corrected chi connectivity index (χ2v) is 4.57. The molecular weight excluding hydrogens is 242 g/mol. The van der Waals surface area contributed by atoms with E-state index in [-0.39, 0.29) is 0 Å². The normalized spacial score (nSPS) is 22.2. The molecule has 0 aromatic heterocycles. The standard InChI is InChI=1S/C11H14BrNO/c12-9-4-1-5-10(14)11(9)8-3-2-6-13-7-8/h1,4-5,8,13-14H,2-3,6-7H2/t8-/m0/s1. The summed E-state index contributed by atoms with van der Waals surface area (Å²) in [6.45, 7) is 2.07. The lowest BCUT2D eigenvalue weighted by atomic mass is 9.91. The zero-order valence-corrected chi connectivity index (χ0v) is 9.55. The fraction of sp³-hybridized carbons (Fsp3) is 0.455. The Kier molecular flexibility index (Phi) is 3.08. The Labute approximate surface area is 92.5 Å². The number of phenols is 1. The smallest absolute Gasteiger partial charge is 0.120 e. The molecule has 1 heterocycles. The number of piperidine rings is 1. The third kappa shape index (κ3) is 1.93. The average Bonchev–Trinajstić information content (AvgIpc) is 2.19. The second-order valence-electron chi connectivity index (χ2n) is 3.72. The predicted molar refractivity (Wildman–Crippen MR) is 60.7 cm³/mol. The third-order valence-electron chi connectivity index (χ3n) is 2.74. The van der Waals surface area contributed by atoms with Crippen LogP contribution < -0.4 is 5.32 Å². The van der Waals surface area contributed by atoms with E-state index in [0.29, 0.717) is 11.7 Å². The summed E-state index contributed by atoms with van der Waals surface area (Å²) in [4.78, 5) is 0. The van der Waals surface area contributed by atoms with Gasteiger partial charge in [-0.1, -0.05) is 22.0 Å². The number of benzene rings is 1. The minimum Gasteiger partial charge on any atom is -0.508 e. The van der Waals surface area contributed by atoms with Gasteiger partial charge < -0.3 is 10.4 Å². The first kappa shape index (κ1) is 9.99. The van der Waals surface area contributed by atoms with Crippen molar-refractivity contribution in [3.8, 4) is 5.75 Å². The second kappa shape index (κ2) is 4.32. The lowest BCUT2D eigenvalue weighted by Gasteiger charge is -2.24. The van der Waals surface area contributed by atoms with Crippen molar-refractivity contribution in [2.24, 2.45) is 0 Å². The highest BCUT2D eigenvalue weighted by molar-refractivity contribution is 9.10. The lowest BCUT2D eigenvalue weighted by molar-refractivity contribution is 0.424. The van der Waals surface area contributed by atoms with E-state index in [1.54, 1.807) is 6.07 Å². The van der Waals surface area contributed by atoms with Gasteiger partial charge in [-0.25, -0.2) is 0 Å². The van der Waals surface area contributed by atoms with Crippen LogP contribution in [0.2, 0.25) is 0 Å². The van der Waals surface area contributed by atoms with Crippen molar-refractivity contribution in [1.82, 2.24) is 5.32 Å². The molecule has 0 amide bonds. The third-order valence-corrected chi connectivity index (χ3v) is 3.43. The fourth-order valence-electron chi connectivity index (χ4n) is 2.03. The molecule has 1 aromatic carbocycles. The van der Waals surface area contributed by atoms with E-state index in [2.05, 4.69) is 21.2 Å². The molecule has 0 unspecified atom stereocenters. The van der Waals surface area contributed by atoms with Gasteiger partial charge in [0.25, 0.3) is 0 Å². The van der Waals surface area contributed by atoms with Gasteiger partial charge in [-0.05, 0) is 31.5 Å². The van der Waals surface area contributed by atoms with E-state index in [9.17, 15) is 5.11 Å². The van der Waals surface area contributed by atoms with Gasteiger partial charge in [-0.2, -0.15) is 0 Å². The van der Waals surface area contributed by atoms with Crippen LogP contribution in [0.5, 0.6) is 5.75 Å². The molecule has 0 saturated carbocycles. The largest absolute Gasteiger partial charge is 0.508 e. The van der Waals surface area contributed by atoms with Gasteiger partial charge in [-0.3, -0.25) is 0 Å². The minimum atomic E-state index is 0.410. The maximum Gasteiger partial charge on any atom is 0.120 e. The van der Waals surface area contributed by atoms with Crippen LogP contribution in [0, 0.1) is 0 Å². The summed E-state index contributed by atoms with van der Waals surface area (Å²) < 4.78 is 1.02. The molecule has 1 atom stereocenters. The summed E-state index contributed by atoms with van der Waals surface area (Å²) in [6.07, 6.45) is 2.34. The van der Waals surface area contributed by atoms with Crippen molar-refractivity contribution in [2.75, 3.05) is 13.1 Å². The summed E-state index contributed by atoms with van der Waals surface area (Å²) in [5.74, 6) is 0.854. The monoisotopic (exact) mass is 255 g/mol. The summed E-state index contributed by atoms with van der Waals surface area (Å²) in [7, 11) is 0. The number of hydrogen-bond acceptors (Lipinski definition) is 2.